The topological polar surface area (TPSA) is 34.5 Å². The van der Waals surface area contributed by atoms with Crippen LogP contribution in [0, 0.1) is 5.82 Å². The van der Waals surface area contributed by atoms with Gasteiger partial charge in [0.15, 0.2) is 0 Å². The number of nitrogens with zero attached hydrogens (tertiary/aromatic N) is 2. The number of methoxy groups -OCH3 is 1. The van der Waals surface area contributed by atoms with Crippen molar-refractivity contribution in [3.05, 3.63) is 90.2 Å². The molecule has 0 amide bonds. The van der Waals surface area contributed by atoms with Crippen LogP contribution >= 0.6 is 11.3 Å². The van der Waals surface area contributed by atoms with Gasteiger partial charge in [0.1, 0.15) is 11.6 Å². The molecule has 0 atom stereocenters. The van der Waals surface area contributed by atoms with Crippen LogP contribution in [0.15, 0.2) is 83.9 Å². The zero-order valence-electron chi connectivity index (χ0n) is 15.2. The largest absolute Gasteiger partial charge is 0.497 e. The molecule has 138 valence electrons. The molecule has 0 spiro atoms. The number of benzene rings is 3. The zero-order valence-corrected chi connectivity index (χ0v) is 16.0. The van der Waals surface area contributed by atoms with E-state index in [1.165, 1.54) is 23.5 Å². The molecule has 4 rings (SSSR count). The number of halogens is 1. The second-order valence-electron chi connectivity index (χ2n) is 6.08. The zero-order chi connectivity index (χ0) is 19.3. The van der Waals surface area contributed by atoms with Crippen molar-refractivity contribution in [3.8, 4) is 27.4 Å². The lowest BCUT2D eigenvalue weighted by atomic mass is 10.1. The monoisotopic (exact) mass is 388 g/mol. The Hall–Kier alpha value is -3.31. The van der Waals surface area contributed by atoms with Gasteiger partial charge in [-0.2, -0.15) is 0 Å². The average molecular weight is 388 g/mol. The van der Waals surface area contributed by atoms with Gasteiger partial charge in [-0.1, -0.05) is 53.8 Å². The second kappa shape index (κ2) is 8.15. The van der Waals surface area contributed by atoms with Crippen molar-refractivity contribution in [2.75, 3.05) is 7.11 Å². The summed E-state index contributed by atoms with van der Waals surface area (Å²) in [4.78, 5) is 10.3. The van der Waals surface area contributed by atoms with Crippen LogP contribution in [0.2, 0.25) is 0 Å². The van der Waals surface area contributed by atoms with Gasteiger partial charge in [0, 0.05) is 11.8 Å². The fraction of sp³-hybridized carbons (Fsp3) is 0.0435. The number of rotatable bonds is 5. The third-order valence-corrected chi connectivity index (χ3v) is 5.22. The molecule has 3 nitrogen and oxygen atoms in total. The molecular weight excluding hydrogens is 371 g/mol. The summed E-state index contributed by atoms with van der Waals surface area (Å²) in [6, 6.07) is 24.2. The van der Waals surface area contributed by atoms with Crippen molar-refractivity contribution in [2.45, 2.75) is 0 Å². The first-order chi connectivity index (χ1) is 13.7. The Morgan fingerprint density at radius 3 is 2.29 bits per heavy atom. The molecule has 1 aromatic heterocycles. The third-order valence-electron chi connectivity index (χ3n) is 4.21. The first-order valence-electron chi connectivity index (χ1n) is 8.73. The van der Waals surface area contributed by atoms with E-state index in [1.54, 1.807) is 25.5 Å². The predicted octanol–water partition coefficient (Wildman–Crippen LogP) is 6.38. The van der Waals surface area contributed by atoms with E-state index in [0.29, 0.717) is 5.13 Å². The molecule has 0 N–H and O–H groups in total. The molecule has 5 heteroatoms. The molecule has 0 aliphatic heterocycles. The highest BCUT2D eigenvalue weighted by atomic mass is 32.1. The highest BCUT2D eigenvalue weighted by Crippen LogP contribution is 2.40. The number of ether oxygens (including phenoxy) is 1. The van der Waals surface area contributed by atoms with Crippen LogP contribution in [-0.2, 0) is 0 Å². The van der Waals surface area contributed by atoms with Crippen LogP contribution in [0.1, 0.15) is 5.56 Å². The maximum absolute atomic E-state index is 13.1. The number of aliphatic imine (C=N–C) groups is 1. The van der Waals surface area contributed by atoms with Crippen LogP contribution < -0.4 is 4.74 Å². The molecule has 0 aliphatic rings. The lowest BCUT2D eigenvalue weighted by molar-refractivity contribution is 0.415. The SMILES string of the molecule is COc1ccc(-c2nc(N=Cc3ccc(F)cc3)sc2-c2ccccc2)cc1. The van der Waals surface area contributed by atoms with Gasteiger partial charge in [-0.05, 0) is 47.5 Å². The van der Waals surface area contributed by atoms with Gasteiger partial charge in [0.05, 0.1) is 17.7 Å². The van der Waals surface area contributed by atoms with Gasteiger partial charge < -0.3 is 4.74 Å². The fourth-order valence-electron chi connectivity index (χ4n) is 2.77. The highest BCUT2D eigenvalue weighted by molar-refractivity contribution is 7.19. The third kappa shape index (κ3) is 4.00. The van der Waals surface area contributed by atoms with Crippen LogP contribution in [0.3, 0.4) is 0 Å². The molecule has 28 heavy (non-hydrogen) atoms. The van der Waals surface area contributed by atoms with Crippen molar-refractivity contribution in [1.29, 1.82) is 0 Å². The number of thiazole rings is 1. The maximum atomic E-state index is 13.1. The van der Waals surface area contributed by atoms with Gasteiger partial charge in [-0.25, -0.2) is 14.4 Å². The van der Waals surface area contributed by atoms with E-state index in [0.717, 1.165) is 33.0 Å². The van der Waals surface area contributed by atoms with Gasteiger partial charge in [-0.15, -0.1) is 0 Å². The minimum atomic E-state index is -0.264. The first kappa shape index (κ1) is 18.1. The van der Waals surface area contributed by atoms with Gasteiger partial charge >= 0.3 is 0 Å². The standard InChI is InChI=1S/C23H17FN2OS/c1-27-20-13-9-17(10-14-20)21-22(18-5-3-2-4-6-18)28-23(26-21)25-15-16-7-11-19(24)12-8-16/h2-15H,1H3. The van der Waals surface area contributed by atoms with E-state index in [1.807, 2.05) is 42.5 Å². The van der Waals surface area contributed by atoms with Crippen molar-refractivity contribution in [3.63, 3.8) is 0 Å². The quantitative estimate of drug-likeness (QED) is 0.372. The fourth-order valence-corrected chi connectivity index (χ4v) is 3.71. The molecule has 0 bridgehead atoms. The van der Waals surface area contributed by atoms with E-state index in [2.05, 4.69) is 17.1 Å². The lowest BCUT2D eigenvalue weighted by Gasteiger charge is -2.04. The van der Waals surface area contributed by atoms with E-state index >= 15 is 0 Å². The Kier molecular flexibility index (Phi) is 5.26. The highest BCUT2D eigenvalue weighted by Gasteiger charge is 2.14. The normalized spacial score (nSPS) is 11.1. The molecule has 0 fully saturated rings. The maximum Gasteiger partial charge on any atom is 0.210 e. The summed E-state index contributed by atoms with van der Waals surface area (Å²) in [7, 11) is 1.65. The molecule has 0 saturated heterocycles. The summed E-state index contributed by atoms with van der Waals surface area (Å²) in [6.07, 6.45) is 1.70. The van der Waals surface area contributed by atoms with Gasteiger partial charge in [0.25, 0.3) is 0 Å². The van der Waals surface area contributed by atoms with Crippen molar-refractivity contribution in [2.24, 2.45) is 4.99 Å². The van der Waals surface area contributed by atoms with Crippen molar-refractivity contribution < 1.29 is 9.13 Å². The molecule has 0 aliphatic carbocycles. The van der Waals surface area contributed by atoms with Crippen molar-refractivity contribution >= 4 is 22.7 Å². The van der Waals surface area contributed by atoms with Crippen LogP contribution in [0.4, 0.5) is 9.52 Å². The summed E-state index contributed by atoms with van der Waals surface area (Å²) in [5.41, 5.74) is 3.79. The average Bonchev–Trinajstić information content (AvgIpc) is 3.18. The molecule has 4 aromatic rings. The summed E-state index contributed by atoms with van der Waals surface area (Å²) < 4.78 is 18.3. The van der Waals surface area contributed by atoms with E-state index < -0.39 is 0 Å². The number of aromatic nitrogens is 1. The summed E-state index contributed by atoms with van der Waals surface area (Å²) >= 11 is 1.53. The minimum absolute atomic E-state index is 0.264. The summed E-state index contributed by atoms with van der Waals surface area (Å²) in [6.45, 7) is 0. The smallest absolute Gasteiger partial charge is 0.210 e. The van der Waals surface area contributed by atoms with E-state index in [4.69, 9.17) is 9.72 Å². The first-order valence-corrected chi connectivity index (χ1v) is 9.55. The van der Waals surface area contributed by atoms with Gasteiger partial charge in [0.2, 0.25) is 5.13 Å². The number of hydrogen-bond acceptors (Lipinski definition) is 4. The predicted molar refractivity (Wildman–Crippen MR) is 113 cm³/mol. The van der Waals surface area contributed by atoms with E-state index in [9.17, 15) is 4.39 Å². The molecule has 0 saturated carbocycles. The van der Waals surface area contributed by atoms with Crippen molar-refractivity contribution in [1.82, 2.24) is 4.98 Å². The Bertz CT molecular complexity index is 1090. The molecule has 3 aromatic carbocycles. The minimum Gasteiger partial charge on any atom is -0.497 e. The van der Waals surface area contributed by atoms with Crippen LogP contribution in [0.5, 0.6) is 5.75 Å². The molecule has 0 radical (unpaired) electrons. The molecular formula is C23H17FN2OS. The Morgan fingerprint density at radius 1 is 0.893 bits per heavy atom. The second-order valence-corrected chi connectivity index (χ2v) is 7.06. The Morgan fingerprint density at radius 2 is 1.61 bits per heavy atom. The Labute approximate surface area is 166 Å². The lowest BCUT2D eigenvalue weighted by Crippen LogP contribution is -1.85. The summed E-state index contributed by atoms with van der Waals surface area (Å²) in [5.74, 6) is 0.536. The number of hydrogen-bond donors (Lipinski definition) is 0. The Balaban J connectivity index is 1.74. The van der Waals surface area contributed by atoms with Gasteiger partial charge in [-0.3, -0.25) is 0 Å². The van der Waals surface area contributed by atoms with Crippen LogP contribution in [0.25, 0.3) is 21.7 Å². The van der Waals surface area contributed by atoms with Crippen LogP contribution in [-0.4, -0.2) is 18.3 Å². The molecule has 0 unspecified atom stereocenters. The molecule has 1 heterocycles. The summed E-state index contributed by atoms with van der Waals surface area (Å²) in [5, 5.41) is 0.647. The van der Waals surface area contributed by atoms with E-state index in [-0.39, 0.29) is 5.82 Å².